The van der Waals surface area contributed by atoms with E-state index in [1.54, 1.807) is 76.4 Å². The lowest BCUT2D eigenvalue weighted by Crippen LogP contribution is -2.48. The Balaban J connectivity index is 1.58. The van der Waals surface area contributed by atoms with Gasteiger partial charge in [-0.2, -0.15) is 0 Å². The Bertz CT molecular complexity index is 1190. The minimum atomic E-state index is -0.672. The molecule has 0 unspecified atom stereocenters. The maximum absolute atomic E-state index is 12.6. The van der Waals surface area contributed by atoms with E-state index in [9.17, 15) is 14.4 Å². The molecule has 0 aliphatic heterocycles. The van der Waals surface area contributed by atoms with Crippen LogP contribution in [0.4, 0.5) is 4.79 Å². The summed E-state index contributed by atoms with van der Waals surface area (Å²) in [4.78, 5) is 37.5. The van der Waals surface area contributed by atoms with Gasteiger partial charge in [0.15, 0.2) is 5.76 Å². The monoisotopic (exact) mass is 481 g/mol. The largest absolute Gasteiger partial charge is 0.497 e. The lowest BCUT2D eigenvalue weighted by molar-refractivity contribution is 0.0133. The van der Waals surface area contributed by atoms with Gasteiger partial charge in [-0.05, 0) is 69.2 Å². The Labute approximate surface area is 204 Å². The normalized spacial score (nSPS) is 11.1. The average molecular weight is 482 g/mol. The van der Waals surface area contributed by atoms with Crippen molar-refractivity contribution in [2.75, 3.05) is 13.7 Å². The number of hydrogen-bond acceptors (Lipinski definition) is 6. The van der Waals surface area contributed by atoms with Gasteiger partial charge in [0.1, 0.15) is 16.9 Å². The number of hydrogen-bond donors (Lipinski definition) is 2. The number of ether oxygens (including phenoxy) is 2. The van der Waals surface area contributed by atoms with Crippen LogP contribution in [0.1, 0.15) is 60.6 Å². The fraction of sp³-hybridized carbons (Fsp3) is 0.346. The molecule has 1 heterocycles. The van der Waals surface area contributed by atoms with E-state index in [1.807, 2.05) is 6.92 Å². The molecule has 2 aromatic carbocycles. The quantitative estimate of drug-likeness (QED) is 0.475. The van der Waals surface area contributed by atoms with Crippen molar-refractivity contribution >= 4 is 28.9 Å². The number of benzene rings is 2. The van der Waals surface area contributed by atoms with Crippen LogP contribution in [0, 0.1) is 0 Å². The summed E-state index contributed by atoms with van der Waals surface area (Å²) in [6.07, 6.45) is 0.0350. The van der Waals surface area contributed by atoms with Crippen LogP contribution in [0.5, 0.6) is 5.75 Å². The summed E-state index contributed by atoms with van der Waals surface area (Å²) in [7, 11) is 1.58. The number of nitrogens with one attached hydrogen (secondary N) is 2. The first-order valence-corrected chi connectivity index (χ1v) is 11.4. The zero-order valence-electron chi connectivity index (χ0n) is 20.6. The van der Waals surface area contributed by atoms with Crippen LogP contribution in [0.3, 0.4) is 0 Å². The van der Waals surface area contributed by atoms with E-state index >= 15 is 0 Å². The van der Waals surface area contributed by atoms with Crippen LogP contribution in [0.15, 0.2) is 52.9 Å². The summed E-state index contributed by atoms with van der Waals surface area (Å²) in [6, 6.07) is 13.7. The van der Waals surface area contributed by atoms with E-state index in [2.05, 4.69) is 10.7 Å². The molecule has 2 N–H and O–H groups in total. The number of amides is 3. The lowest BCUT2D eigenvalue weighted by Gasteiger charge is -2.27. The van der Waals surface area contributed by atoms with Gasteiger partial charge in [-0.25, -0.2) is 9.80 Å². The number of furan rings is 1. The molecule has 186 valence electrons. The van der Waals surface area contributed by atoms with Crippen LogP contribution >= 0.6 is 0 Å². The number of rotatable bonds is 7. The molecule has 1 aromatic heterocycles. The molecule has 0 atom stereocenters. The van der Waals surface area contributed by atoms with E-state index in [0.29, 0.717) is 29.9 Å². The van der Waals surface area contributed by atoms with Gasteiger partial charge in [0, 0.05) is 24.0 Å². The van der Waals surface area contributed by atoms with Crippen LogP contribution in [0.2, 0.25) is 0 Å². The van der Waals surface area contributed by atoms with Crippen LogP contribution in [-0.2, 0) is 11.3 Å². The number of methoxy groups -OCH3 is 1. The highest BCUT2D eigenvalue weighted by molar-refractivity contribution is 5.96. The summed E-state index contributed by atoms with van der Waals surface area (Å²) in [5.41, 5.74) is 3.69. The Morgan fingerprint density at radius 3 is 2.34 bits per heavy atom. The van der Waals surface area contributed by atoms with Gasteiger partial charge in [0.05, 0.1) is 7.11 Å². The zero-order valence-corrected chi connectivity index (χ0v) is 20.6. The van der Waals surface area contributed by atoms with Gasteiger partial charge in [-0.1, -0.05) is 19.1 Å². The Kier molecular flexibility index (Phi) is 8.01. The number of hydrazine groups is 1. The fourth-order valence-corrected chi connectivity index (χ4v) is 3.22. The van der Waals surface area contributed by atoms with Crippen LogP contribution in [-0.4, -0.2) is 42.2 Å². The third kappa shape index (κ3) is 6.99. The molecule has 3 rings (SSSR count). The molecule has 0 saturated carbocycles. The molecule has 0 saturated heterocycles. The number of carbonyl (C=O) groups excluding carboxylic acids is 3. The second-order valence-electron chi connectivity index (χ2n) is 8.97. The van der Waals surface area contributed by atoms with Crippen molar-refractivity contribution in [2.24, 2.45) is 0 Å². The van der Waals surface area contributed by atoms with E-state index < -0.39 is 17.6 Å². The van der Waals surface area contributed by atoms with Crippen molar-refractivity contribution in [1.29, 1.82) is 0 Å². The predicted molar refractivity (Wildman–Crippen MR) is 131 cm³/mol. The van der Waals surface area contributed by atoms with Crippen molar-refractivity contribution in [3.8, 4) is 5.75 Å². The summed E-state index contributed by atoms with van der Waals surface area (Å²) in [5.74, 6) is 0.0906. The van der Waals surface area contributed by atoms with Crippen molar-refractivity contribution in [2.45, 2.75) is 46.3 Å². The maximum Gasteiger partial charge on any atom is 0.429 e. The number of nitrogens with zero attached hydrogens (tertiary/aromatic N) is 1. The first-order valence-electron chi connectivity index (χ1n) is 11.4. The van der Waals surface area contributed by atoms with E-state index in [4.69, 9.17) is 13.9 Å². The first-order chi connectivity index (χ1) is 16.6. The highest BCUT2D eigenvalue weighted by Crippen LogP contribution is 2.24. The minimum Gasteiger partial charge on any atom is -0.497 e. The van der Waals surface area contributed by atoms with Crippen molar-refractivity contribution in [1.82, 2.24) is 15.8 Å². The molecule has 9 nitrogen and oxygen atoms in total. The highest BCUT2D eigenvalue weighted by atomic mass is 16.6. The Morgan fingerprint density at radius 2 is 1.71 bits per heavy atom. The zero-order chi connectivity index (χ0) is 25.6. The van der Waals surface area contributed by atoms with Crippen molar-refractivity contribution in [3.63, 3.8) is 0 Å². The molecular weight excluding hydrogens is 450 g/mol. The van der Waals surface area contributed by atoms with E-state index in [0.717, 1.165) is 10.9 Å². The molecule has 0 radical (unpaired) electrons. The molecule has 3 aromatic rings. The van der Waals surface area contributed by atoms with Crippen LogP contribution < -0.4 is 15.5 Å². The van der Waals surface area contributed by atoms with Gasteiger partial charge in [-0.3, -0.25) is 15.0 Å². The van der Waals surface area contributed by atoms with Crippen molar-refractivity contribution in [3.05, 3.63) is 65.4 Å². The Hall–Kier alpha value is -4.01. The highest BCUT2D eigenvalue weighted by Gasteiger charge is 2.23. The molecule has 35 heavy (non-hydrogen) atoms. The lowest BCUT2D eigenvalue weighted by atomic mass is 10.1. The smallest absolute Gasteiger partial charge is 0.429 e. The van der Waals surface area contributed by atoms with Gasteiger partial charge in [0.2, 0.25) is 0 Å². The second kappa shape index (κ2) is 10.9. The maximum atomic E-state index is 12.6. The molecular formula is C26H31N3O6. The van der Waals surface area contributed by atoms with Gasteiger partial charge < -0.3 is 19.2 Å². The third-order valence-corrected chi connectivity index (χ3v) is 4.91. The predicted octanol–water partition coefficient (Wildman–Crippen LogP) is 4.66. The summed E-state index contributed by atoms with van der Waals surface area (Å²) in [5, 5.41) is 4.75. The standard InChI is InChI=1S/C26H31N3O6/c1-6-13-29(25(32)35-26(2,3)4)28-23(30)18-9-7-17(8-10-18)16-27-24(31)22-15-19-14-20(33-5)11-12-21(19)34-22/h7-12,14-15H,6,13,16H2,1-5H3,(H,27,31)(H,28,30). The summed E-state index contributed by atoms with van der Waals surface area (Å²) < 4.78 is 16.2. The molecule has 0 spiro atoms. The van der Waals surface area contributed by atoms with E-state index in [1.165, 1.54) is 5.01 Å². The summed E-state index contributed by atoms with van der Waals surface area (Å²) in [6.45, 7) is 7.76. The van der Waals surface area contributed by atoms with Gasteiger partial charge in [0.25, 0.3) is 11.8 Å². The van der Waals surface area contributed by atoms with E-state index in [-0.39, 0.29) is 18.2 Å². The van der Waals surface area contributed by atoms with Crippen molar-refractivity contribution < 1.29 is 28.3 Å². The van der Waals surface area contributed by atoms with Crippen LogP contribution in [0.25, 0.3) is 11.0 Å². The minimum absolute atomic E-state index is 0.197. The second-order valence-corrected chi connectivity index (χ2v) is 8.97. The first kappa shape index (κ1) is 25.6. The molecule has 0 fully saturated rings. The molecule has 9 heteroatoms. The number of carbonyl (C=O) groups is 3. The molecule has 0 bridgehead atoms. The summed E-state index contributed by atoms with van der Waals surface area (Å²) >= 11 is 0. The topological polar surface area (TPSA) is 110 Å². The van der Waals surface area contributed by atoms with Gasteiger partial charge in [-0.15, -0.1) is 0 Å². The average Bonchev–Trinajstić information content (AvgIpc) is 3.25. The van der Waals surface area contributed by atoms with Gasteiger partial charge >= 0.3 is 6.09 Å². The fourth-order valence-electron chi connectivity index (χ4n) is 3.22. The molecule has 3 amide bonds. The third-order valence-electron chi connectivity index (χ3n) is 4.91. The number of fused-ring (bicyclic) bond motifs is 1. The Morgan fingerprint density at radius 1 is 1.00 bits per heavy atom. The SMILES string of the molecule is CCCN(NC(=O)c1ccc(CNC(=O)c2cc3cc(OC)ccc3o2)cc1)C(=O)OC(C)(C)C. The molecule has 0 aliphatic rings. The molecule has 0 aliphatic carbocycles.